The number of nitrogens with zero attached hydrogens (tertiary/aromatic N) is 3. The molecule has 0 saturated heterocycles. The molecule has 0 aliphatic rings. The van der Waals surface area contributed by atoms with E-state index in [1.807, 2.05) is 6.92 Å². The lowest BCUT2D eigenvalue weighted by molar-refractivity contribution is -0.130. The highest BCUT2D eigenvalue weighted by Crippen LogP contribution is 2.15. The largest absolute Gasteiger partial charge is 0.459 e. The number of hydrogen-bond donors (Lipinski definition) is 0. The lowest BCUT2D eigenvalue weighted by Crippen LogP contribution is -2.27. The van der Waals surface area contributed by atoms with Gasteiger partial charge in [0.05, 0.1) is 0 Å². The zero-order valence-electron chi connectivity index (χ0n) is 7.77. The van der Waals surface area contributed by atoms with Gasteiger partial charge in [0.15, 0.2) is 6.61 Å². The molecule has 0 aliphatic heterocycles. The highest BCUT2D eigenvalue weighted by atomic mass is 32.1. The molecule has 1 rings (SSSR count). The Morgan fingerprint density at radius 3 is 2.69 bits per heavy atom. The van der Waals surface area contributed by atoms with Crippen LogP contribution in [0.25, 0.3) is 0 Å². The molecular weight excluding hydrogens is 190 g/mol. The highest BCUT2D eigenvalue weighted by molar-refractivity contribution is 7.12. The summed E-state index contributed by atoms with van der Waals surface area (Å²) in [7, 11) is 3.36. The third kappa shape index (κ3) is 2.98. The minimum atomic E-state index is -0.0900. The normalized spacial score (nSPS) is 9.77. The van der Waals surface area contributed by atoms with Crippen molar-refractivity contribution < 1.29 is 9.53 Å². The molecule has 1 amide bonds. The molecule has 0 N–H and O–H groups in total. The standard InChI is InChI=1S/C7H11N3O2S/c1-5-8-9-7(13-5)12-4-6(11)10(2)3/h4H2,1-3H3. The van der Waals surface area contributed by atoms with Gasteiger partial charge in [-0.15, -0.1) is 10.2 Å². The first kappa shape index (κ1) is 9.91. The van der Waals surface area contributed by atoms with Crippen LogP contribution in [0.1, 0.15) is 5.01 Å². The Labute approximate surface area is 80.3 Å². The average Bonchev–Trinajstić information content (AvgIpc) is 2.47. The fraction of sp³-hybridized carbons (Fsp3) is 0.571. The van der Waals surface area contributed by atoms with Gasteiger partial charge < -0.3 is 9.64 Å². The van der Waals surface area contributed by atoms with Gasteiger partial charge in [-0.2, -0.15) is 0 Å². The van der Waals surface area contributed by atoms with Crippen molar-refractivity contribution in [3.63, 3.8) is 0 Å². The molecule has 13 heavy (non-hydrogen) atoms. The lowest BCUT2D eigenvalue weighted by Gasteiger charge is -2.08. The van der Waals surface area contributed by atoms with Gasteiger partial charge in [-0.1, -0.05) is 11.3 Å². The van der Waals surface area contributed by atoms with E-state index in [1.54, 1.807) is 14.1 Å². The number of amides is 1. The number of hydrogen-bond acceptors (Lipinski definition) is 5. The van der Waals surface area contributed by atoms with Crippen LogP contribution in [-0.4, -0.2) is 41.7 Å². The van der Waals surface area contributed by atoms with E-state index in [-0.39, 0.29) is 12.5 Å². The van der Waals surface area contributed by atoms with Crippen LogP contribution in [0.2, 0.25) is 0 Å². The number of carbonyl (C=O) groups excluding carboxylic acids is 1. The predicted molar refractivity (Wildman–Crippen MR) is 48.8 cm³/mol. The highest BCUT2D eigenvalue weighted by Gasteiger charge is 2.07. The predicted octanol–water partition coefficient (Wildman–Crippen LogP) is 0.314. The number of rotatable bonds is 3. The van der Waals surface area contributed by atoms with Gasteiger partial charge in [-0.3, -0.25) is 4.79 Å². The van der Waals surface area contributed by atoms with Crippen molar-refractivity contribution in [3.8, 4) is 5.19 Å². The average molecular weight is 201 g/mol. The van der Waals surface area contributed by atoms with Crippen molar-refractivity contribution in [3.05, 3.63) is 5.01 Å². The second-order valence-corrected chi connectivity index (χ2v) is 3.81. The Morgan fingerprint density at radius 2 is 2.23 bits per heavy atom. The minimum absolute atomic E-state index is 0.0155. The summed E-state index contributed by atoms with van der Waals surface area (Å²) in [6.07, 6.45) is 0. The lowest BCUT2D eigenvalue weighted by atomic mass is 10.6. The van der Waals surface area contributed by atoms with Gasteiger partial charge in [0.25, 0.3) is 11.1 Å². The van der Waals surface area contributed by atoms with E-state index < -0.39 is 0 Å². The molecule has 1 aromatic heterocycles. The maximum absolute atomic E-state index is 11.1. The second kappa shape index (κ2) is 4.18. The summed E-state index contributed by atoms with van der Waals surface area (Å²) in [4.78, 5) is 12.5. The van der Waals surface area contributed by atoms with E-state index in [0.29, 0.717) is 5.19 Å². The van der Waals surface area contributed by atoms with Crippen molar-refractivity contribution in [1.82, 2.24) is 15.1 Å². The van der Waals surface area contributed by atoms with Crippen LogP contribution < -0.4 is 4.74 Å². The first-order valence-corrected chi connectivity index (χ1v) is 4.54. The summed E-state index contributed by atoms with van der Waals surface area (Å²) in [5.41, 5.74) is 0. The third-order valence-electron chi connectivity index (χ3n) is 1.33. The molecule has 0 aromatic carbocycles. The zero-order chi connectivity index (χ0) is 9.84. The van der Waals surface area contributed by atoms with Gasteiger partial charge in [0.1, 0.15) is 5.01 Å². The monoisotopic (exact) mass is 201 g/mol. The molecule has 0 radical (unpaired) electrons. The van der Waals surface area contributed by atoms with Crippen molar-refractivity contribution >= 4 is 17.2 Å². The molecule has 0 bridgehead atoms. The van der Waals surface area contributed by atoms with Gasteiger partial charge in [-0.25, -0.2) is 0 Å². The molecule has 72 valence electrons. The van der Waals surface area contributed by atoms with E-state index in [9.17, 15) is 4.79 Å². The molecule has 6 heteroatoms. The summed E-state index contributed by atoms with van der Waals surface area (Å²) in [5, 5.41) is 8.74. The Balaban J connectivity index is 2.39. The molecule has 0 atom stereocenters. The first-order valence-electron chi connectivity index (χ1n) is 3.72. The maximum atomic E-state index is 11.1. The van der Waals surface area contributed by atoms with E-state index in [2.05, 4.69) is 10.2 Å². The summed E-state index contributed by atoms with van der Waals surface area (Å²) in [6.45, 7) is 1.85. The number of aryl methyl sites for hydroxylation is 1. The van der Waals surface area contributed by atoms with Crippen molar-refractivity contribution in [1.29, 1.82) is 0 Å². The molecule has 0 unspecified atom stereocenters. The van der Waals surface area contributed by atoms with Crippen LogP contribution in [0.3, 0.4) is 0 Å². The van der Waals surface area contributed by atoms with Crippen molar-refractivity contribution in [2.24, 2.45) is 0 Å². The van der Waals surface area contributed by atoms with Crippen LogP contribution >= 0.6 is 11.3 Å². The number of carbonyl (C=O) groups is 1. The second-order valence-electron chi connectivity index (χ2n) is 2.66. The molecule has 0 aliphatic carbocycles. The molecule has 0 saturated carbocycles. The van der Waals surface area contributed by atoms with E-state index in [4.69, 9.17) is 4.74 Å². The fourth-order valence-corrected chi connectivity index (χ4v) is 1.12. The SMILES string of the molecule is Cc1nnc(OCC(=O)N(C)C)s1. The summed E-state index contributed by atoms with van der Waals surface area (Å²) in [5.74, 6) is -0.0900. The smallest absolute Gasteiger partial charge is 0.294 e. The van der Waals surface area contributed by atoms with Crippen LogP contribution in [0.4, 0.5) is 0 Å². The van der Waals surface area contributed by atoms with Gasteiger partial charge in [0, 0.05) is 14.1 Å². The molecule has 1 aromatic rings. The van der Waals surface area contributed by atoms with Crippen LogP contribution in [0, 0.1) is 6.92 Å². The molecule has 5 nitrogen and oxygen atoms in total. The van der Waals surface area contributed by atoms with E-state index >= 15 is 0 Å². The van der Waals surface area contributed by atoms with Crippen LogP contribution in [-0.2, 0) is 4.79 Å². The van der Waals surface area contributed by atoms with Gasteiger partial charge >= 0.3 is 0 Å². The van der Waals surface area contributed by atoms with Gasteiger partial charge in [-0.05, 0) is 6.92 Å². The Bertz CT molecular complexity index is 298. The summed E-state index contributed by atoms with van der Waals surface area (Å²) >= 11 is 1.33. The number of ether oxygens (including phenoxy) is 1. The molecular formula is C7H11N3O2S. The van der Waals surface area contributed by atoms with Crippen LogP contribution in [0.5, 0.6) is 5.19 Å². The van der Waals surface area contributed by atoms with Gasteiger partial charge in [0.2, 0.25) is 0 Å². The quantitative estimate of drug-likeness (QED) is 0.706. The Kier molecular flexibility index (Phi) is 3.18. The third-order valence-corrected chi connectivity index (χ3v) is 2.08. The van der Waals surface area contributed by atoms with E-state index in [0.717, 1.165) is 5.01 Å². The number of aromatic nitrogens is 2. The van der Waals surface area contributed by atoms with Crippen molar-refractivity contribution in [2.75, 3.05) is 20.7 Å². The topological polar surface area (TPSA) is 55.3 Å². The van der Waals surface area contributed by atoms with Crippen LogP contribution in [0.15, 0.2) is 0 Å². The van der Waals surface area contributed by atoms with Crippen molar-refractivity contribution in [2.45, 2.75) is 6.92 Å². The maximum Gasteiger partial charge on any atom is 0.294 e. The van der Waals surface area contributed by atoms with E-state index in [1.165, 1.54) is 16.2 Å². The molecule has 1 heterocycles. The first-order chi connectivity index (χ1) is 6.09. The minimum Gasteiger partial charge on any atom is -0.459 e. The Hall–Kier alpha value is -1.17. The Morgan fingerprint density at radius 1 is 1.54 bits per heavy atom. The molecule has 0 fully saturated rings. The number of likely N-dealkylation sites (N-methyl/N-ethyl adjacent to an activating group) is 1. The fourth-order valence-electron chi connectivity index (χ4n) is 0.589. The summed E-state index contributed by atoms with van der Waals surface area (Å²) in [6, 6.07) is 0. The zero-order valence-corrected chi connectivity index (χ0v) is 8.59. The molecule has 0 spiro atoms. The summed E-state index contributed by atoms with van der Waals surface area (Å²) < 4.78 is 5.10.